The average Bonchev–Trinajstić information content (AvgIpc) is 3.23. The molecule has 4 aromatic rings. The zero-order valence-corrected chi connectivity index (χ0v) is 33.2. The summed E-state index contributed by atoms with van der Waals surface area (Å²) in [6, 6.07) is 40.6. The second kappa shape index (κ2) is 23.3. The zero-order chi connectivity index (χ0) is 38.5. The molecule has 4 aromatic carbocycles. The van der Waals surface area contributed by atoms with E-state index in [0.29, 0.717) is 24.2 Å². The van der Waals surface area contributed by atoms with Crippen LogP contribution in [0.5, 0.6) is 0 Å². The molecule has 1 saturated heterocycles. The molecule has 2 unspecified atom stereocenters. The van der Waals surface area contributed by atoms with Crippen LogP contribution in [0.15, 0.2) is 121 Å². The molecule has 54 heavy (non-hydrogen) atoms. The van der Waals surface area contributed by atoms with Crippen LogP contribution in [-0.2, 0) is 14.4 Å². The van der Waals surface area contributed by atoms with E-state index in [1.54, 1.807) is 6.92 Å². The van der Waals surface area contributed by atoms with E-state index in [1.165, 1.54) is 57.1 Å². The highest BCUT2D eigenvalue weighted by molar-refractivity contribution is 5.93. The number of amides is 2. The SMILES string of the molecule is CC(=O)N(C[C@@H]1CCCN(CC(C)c2ccccc2)C1)c1ccccc1.CC(C=O)c1ccccc1.CCC(=O)N(CC1CCCCC1)c1ccccc1. The van der Waals surface area contributed by atoms with Crippen LogP contribution in [0, 0.1) is 11.8 Å². The Hall–Kier alpha value is -4.55. The van der Waals surface area contributed by atoms with E-state index < -0.39 is 0 Å². The van der Waals surface area contributed by atoms with Crippen molar-refractivity contribution in [3.63, 3.8) is 0 Å². The molecule has 1 heterocycles. The molecule has 0 bridgehead atoms. The monoisotopic (exact) mass is 729 g/mol. The Morgan fingerprint density at radius 2 is 1.15 bits per heavy atom. The van der Waals surface area contributed by atoms with Crippen molar-refractivity contribution in [2.45, 2.75) is 90.9 Å². The summed E-state index contributed by atoms with van der Waals surface area (Å²) in [5.74, 6) is 2.16. The second-order valence-electron chi connectivity index (χ2n) is 15.1. The topological polar surface area (TPSA) is 60.9 Å². The lowest BCUT2D eigenvalue weighted by molar-refractivity contribution is -0.118. The van der Waals surface area contributed by atoms with Crippen LogP contribution in [0.2, 0.25) is 0 Å². The van der Waals surface area contributed by atoms with Crippen LogP contribution in [0.1, 0.15) is 102 Å². The lowest BCUT2D eigenvalue weighted by atomic mass is 9.89. The van der Waals surface area contributed by atoms with Gasteiger partial charge in [-0.15, -0.1) is 0 Å². The van der Waals surface area contributed by atoms with Crippen molar-refractivity contribution >= 4 is 29.5 Å². The van der Waals surface area contributed by atoms with Gasteiger partial charge in [0, 0.05) is 56.8 Å². The predicted octanol–water partition coefficient (Wildman–Crippen LogP) is 10.6. The van der Waals surface area contributed by atoms with Crippen LogP contribution >= 0.6 is 0 Å². The van der Waals surface area contributed by atoms with Crippen molar-refractivity contribution in [1.29, 1.82) is 0 Å². The molecule has 6 nitrogen and oxygen atoms in total. The van der Waals surface area contributed by atoms with Gasteiger partial charge in [-0.3, -0.25) is 9.59 Å². The first-order valence-electron chi connectivity index (χ1n) is 20.2. The van der Waals surface area contributed by atoms with Gasteiger partial charge >= 0.3 is 0 Å². The Labute approximate surface area is 325 Å². The molecular weight excluding hydrogens is 667 g/mol. The van der Waals surface area contributed by atoms with E-state index in [9.17, 15) is 14.4 Å². The largest absolute Gasteiger partial charge is 0.312 e. The number of hydrogen-bond acceptors (Lipinski definition) is 4. The van der Waals surface area contributed by atoms with Crippen LogP contribution in [-0.4, -0.2) is 55.7 Å². The minimum atomic E-state index is 0.0289. The van der Waals surface area contributed by atoms with E-state index in [1.807, 2.05) is 115 Å². The number of para-hydroxylation sites is 2. The third kappa shape index (κ3) is 14.0. The van der Waals surface area contributed by atoms with E-state index in [2.05, 4.69) is 42.2 Å². The fourth-order valence-corrected chi connectivity index (χ4v) is 7.64. The van der Waals surface area contributed by atoms with Gasteiger partial charge in [0.1, 0.15) is 6.29 Å². The second-order valence-corrected chi connectivity index (χ2v) is 15.1. The third-order valence-electron chi connectivity index (χ3n) is 10.8. The molecule has 0 aromatic heterocycles. The summed E-state index contributed by atoms with van der Waals surface area (Å²) in [7, 11) is 0. The third-order valence-corrected chi connectivity index (χ3v) is 10.8. The molecule has 1 aliphatic carbocycles. The normalized spacial score (nSPS) is 17.0. The number of hydrogen-bond donors (Lipinski definition) is 0. The first-order valence-corrected chi connectivity index (χ1v) is 20.2. The molecule has 1 saturated carbocycles. The molecule has 0 N–H and O–H groups in total. The van der Waals surface area contributed by atoms with Crippen LogP contribution in [0.3, 0.4) is 0 Å². The minimum absolute atomic E-state index is 0.0289. The highest BCUT2D eigenvalue weighted by Gasteiger charge is 2.25. The van der Waals surface area contributed by atoms with Gasteiger partial charge < -0.3 is 19.5 Å². The molecule has 6 rings (SSSR count). The molecule has 2 aliphatic rings. The van der Waals surface area contributed by atoms with Crippen molar-refractivity contribution in [1.82, 2.24) is 4.90 Å². The Kier molecular flexibility index (Phi) is 18.2. The summed E-state index contributed by atoms with van der Waals surface area (Å²) in [6.07, 6.45) is 10.5. The first kappa shape index (κ1) is 42.2. The Morgan fingerprint density at radius 3 is 1.67 bits per heavy atom. The Bertz CT molecular complexity index is 1630. The summed E-state index contributed by atoms with van der Waals surface area (Å²) in [5.41, 5.74) is 4.55. The highest BCUT2D eigenvalue weighted by Crippen LogP contribution is 2.27. The number of aldehydes is 1. The maximum absolute atomic E-state index is 12.2. The maximum Gasteiger partial charge on any atom is 0.226 e. The van der Waals surface area contributed by atoms with Crippen molar-refractivity contribution in [2.24, 2.45) is 11.8 Å². The minimum Gasteiger partial charge on any atom is -0.312 e. The van der Waals surface area contributed by atoms with E-state index in [0.717, 1.165) is 49.4 Å². The van der Waals surface area contributed by atoms with Crippen molar-refractivity contribution < 1.29 is 14.4 Å². The predicted molar refractivity (Wildman–Crippen MR) is 225 cm³/mol. The first-order chi connectivity index (χ1) is 26.3. The number of rotatable bonds is 12. The lowest BCUT2D eigenvalue weighted by Crippen LogP contribution is -2.43. The number of likely N-dealkylation sites (tertiary alicyclic amines) is 1. The number of benzene rings is 4. The van der Waals surface area contributed by atoms with Crippen molar-refractivity contribution in [3.05, 3.63) is 132 Å². The molecule has 3 atom stereocenters. The van der Waals surface area contributed by atoms with Gasteiger partial charge in [-0.1, -0.05) is 137 Å². The Balaban J connectivity index is 0.000000200. The summed E-state index contributed by atoms with van der Waals surface area (Å²) >= 11 is 0. The number of nitrogens with zero attached hydrogens (tertiary/aromatic N) is 3. The maximum atomic E-state index is 12.2. The zero-order valence-electron chi connectivity index (χ0n) is 33.2. The van der Waals surface area contributed by atoms with Gasteiger partial charge in [0.15, 0.2) is 0 Å². The lowest BCUT2D eigenvalue weighted by Gasteiger charge is -2.36. The van der Waals surface area contributed by atoms with Gasteiger partial charge in [0.2, 0.25) is 11.8 Å². The van der Waals surface area contributed by atoms with E-state index in [-0.39, 0.29) is 17.7 Å². The fourth-order valence-electron chi connectivity index (χ4n) is 7.64. The van der Waals surface area contributed by atoms with Crippen LogP contribution in [0.4, 0.5) is 11.4 Å². The molecular formula is C48H63N3O3. The van der Waals surface area contributed by atoms with E-state index >= 15 is 0 Å². The summed E-state index contributed by atoms with van der Waals surface area (Å²) in [6.45, 7) is 12.9. The quantitative estimate of drug-likeness (QED) is 0.136. The molecule has 0 radical (unpaired) electrons. The average molecular weight is 730 g/mol. The van der Waals surface area contributed by atoms with E-state index in [4.69, 9.17) is 0 Å². The van der Waals surface area contributed by atoms with Crippen LogP contribution in [0.25, 0.3) is 0 Å². The standard InChI is InChI=1S/C23H30N2O.C16H23NO.C9H10O/c1-19(22-11-5-3-6-12-22)16-24-15-9-10-21(17-24)18-25(20(2)26)23-13-7-4-8-14-23;1-2-16(18)17(15-11-7-4-8-12-15)13-14-9-5-3-6-10-14;1-8(7-10)9-5-3-2-4-6-9/h3-8,11-14,19,21H,9-10,15-18H2,1-2H3;4,7-8,11-12,14H,2-3,5-6,9-10,13H2,1H3;2-8H,1H3/t19?,21-;;/m1../s1. The van der Waals surface area contributed by atoms with Gasteiger partial charge in [-0.05, 0) is 85.4 Å². The molecule has 288 valence electrons. The number of carbonyl (C=O) groups excluding carboxylic acids is 3. The smallest absolute Gasteiger partial charge is 0.226 e. The van der Waals surface area contributed by atoms with Crippen molar-refractivity contribution in [3.8, 4) is 0 Å². The Morgan fingerprint density at radius 1 is 0.667 bits per heavy atom. The number of carbonyl (C=O) groups is 3. The summed E-state index contributed by atoms with van der Waals surface area (Å²) in [4.78, 5) is 41.1. The van der Waals surface area contributed by atoms with Crippen molar-refractivity contribution in [2.75, 3.05) is 42.5 Å². The molecule has 1 aliphatic heterocycles. The summed E-state index contributed by atoms with van der Waals surface area (Å²) < 4.78 is 0. The van der Waals surface area contributed by atoms with Gasteiger partial charge in [-0.2, -0.15) is 0 Å². The molecule has 0 spiro atoms. The number of anilines is 2. The molecule has 2 amide bonds. The summed E-state index contributed by atoms with van der Waals surface area (Å²) in [5, 5.41) is 0. The van der Waals surface area contributed by atoms with Crippen LogP contribution < -0.4 is 9.80 Å². The van der Waals surface area contributed by atoms with Gasteiger partial charge in [0.25, 0.3) is 0 Å². The highest BCUT2D eigenvalue weighted by atomic mass is 16.2. The number of piperidine rings is 1. The van der Waals surface area contributed by atoms with Gasteiger partial charge in [0.05, 0.1) is 0 Å². The molecule has 2 fully saturated rings. The van der Waals surface area contributed by atoms with Gasteiger partial charge in [-0.25, -0.2) is 0 Å². The fraction of sp³-hybridized carbons (Fsp3) is 0.438. The molecule has 6 heteroatoms.